The van der Waals surface area contributed by atoms with Crippen LogP contribution in [-0.2, 0) is 13.1 Å². The summed E-state index contributed by atoms with van der Waals surface area (Å²) in [6, 6.07) is 13.5. The number of benzene rings is 1. The number of alkyl halides is 3. The zero-order chi connectivity index (χ0) is 26.9. The van der Waals surface area contributed by atoms with Gasteiger partial charge in [-0.25, -0.2) is 4.98 Å². The minimum Gasteiger partial charge on any atom is -0.355 e. The third-order valence-electron chi connectivity index (χ3n) is 8.56. The van der Waals surface area contributed by atoms with Crippen LogP contribution in [0.15, 0.2) is 36.4 Å². The van der Waals surface area contributed by atoms with Crippen molar-refractivity contribution in [2.24, 2.45) is 5.41 Å². The second kappa shape index (κ2) is 8.91. The van der Waals surface area contributed by atoms with E-state index in [4.69, 9.17) is 16.9 Å². The number of halogens is 4. The first-order chi connectivity index (χ1) is 18.7. The number of nitrogens with zero attached hydrogens (tertiary/aromatic N) is 8. The highest BCUT2D eigenvalue weighted by atomic mass is 35.5. The van der Waals surface area contributed by atoms with E-state index in [9.17, 15) is 13.2 Å². The van der Waals surface area contributed by atoms with E-state index in [2.05, 4.69) is 35.6 Å². The fourth-order valence-corrected chi connectivity index (χ4v) is 6.94. The van der Waals surface area contributed by atoms with Crippen LogP contribution >= 0.6 is 11.6 Å². The molecule has 202 valence electrons. The number of likely N-dealkylation sites (tertiary alicyclic amines) is 1. The van der Waals surface area contributed by atoms with E-state index < -0.39 is 12.7 Å². The lowest BCUT2D eigenvalue weighted by molar-refractivity contribution is -0.161. The molecule has 3 fully saturated rings. The summed E-state index contributed by atoms with van der Waals surface area (Å²) >= 11 is 6.37. The quantitative estimate of drug-likeness (QED) is 0.480. The monoisotopic (exact) mass is 554 g/mol. The van der Waals surface area contributed by atoms with Crippen LogP contribution in [0.3, 0.4) is 0 Å². The smallest absolute Gasteiger partial charge is 0.355 e. The molecule has 0 amide bonds. The standard InChI is InChI=1S/C27H26ClF3N8/c28-19-4-5-22-17(6-19)10-37(21-11-36(12-21)16-27(29,30)31)13-24-34-35-25(39(22)24)18-7-26(8-18)14-38(15-26)23-3-1-2-20(9-32)33-23/h1-6,18,21H,7-8,10-16H2. The molecule has 0 N–H and O–H groups in total. The Bertz CT molecular complexity index is 1460. The Kier molecular flexibility index (Phi) is 5.67. The summed E-state index contributed by atoms with van der Waals surface area (Å²) in [4.78, 5) is 10.3. The molecule has 3 aromatic rings. The van der Waals surface area contributed by atoms with Gasteiger partial charge in [-0.05, 0) is 48.7 Å². The molecule has 3 aliphatic heterocycles. The molecule has 0 unspecified atom stereocenters. The SMILES string of the molecule is N#Cc1cccc(N2CC3(CC(c4nnc5n4-c4ccc(Cl)cc4CN(C4CN(CC(F)(F)F)C4)C5)C3)C2)n1. The van der Waals surface area contributed by atoms with E-state index in [1.807, 2.05) is 30.3 Å². The molecule has 2 saturated heterocycles. The number of pyridine rings is 1. The van der Waals surface area contributed by atoms with E-state index in [0.29, 0.717) is 36.9 Å². The summed E-state index contributed by atoms with van der Waals surface area (Å²) in [5.41, 5.74) is 2.67. The topological polar surface area (TPSA) is 77.1 Å². The van der Waals surface area contributed by atoms with Crippen molar-refractivity contribution in [3.63, 3.8) is 0 Å². The van der Waals surface area contributed by atoms with Gasteiger partial charge in [0.2, 0.25) is 0 Å². The first kappa shape index (κ1) is 24.8. The molecule has 39 heavy (non-hydrogen) atoms. The van der Waals surface area contributed by atoms with Crippen molar-refractivity contribution in [3.8, 4) is 11.8 Å². The Morgan fingerprint density at radius 1 is 1.08 bits per heavy atom. The fourth-order valence-electron chi connectivity index (χ4n) is 6.74. The average Bonchev–Trinajstić information content (AvgIpc) is 3.14. The number of aromatic nitrogens is 4. The summed E-state index contributed by atoms with van der Waals surface area (Å²) in [7, 11) is 0. The first-order valence-electron chi connectivity index (χ1n) is 13.1. The molecule has 8 nitrogen and oxygen atoms in total. The summed E-state index contributed by atoms with van der Waals surface area (Å²) in [5, 5.41) is 19.0. The van der Waals surface area contributed by atoms with Gasteiger partial charge in [-0.2, -0.15) is 18.4 Å². The van der Waals surface area contributed by atoms with Gasteiger partial charge >= 0.3 is 6.18 Å². The van der Waals surface area contributed by atoms with Crippen molar-refractivity contribution < 1.29 is 13.2 Å². The maximum atomic E-state index is 12.8. The number of nitriles is 1. The highest BCUT2D eigenvalue weighted by molar-refractivity contribution is 6.30. The van der Waals surface area contributed by atoms with Crippen molar-refractivity contribution in [1.82, 2.24) is 29.5 Å². The number of hydrogen-bond donors (Lipinski definition) is 0. The molecule has 1 aromatic carbocycles. The lowest BCUT2D eigenvalue weighted by Gasteiger charge is -2.59. The van der Waals surface area contributed by atoms with Crippen LogP contribution in [0.4, 0.5) is 19.0 Å². The van der Waals surface area contributed by atoms with Crippen LogP contribution in [0, 0.1) is 16.7 Å². The second-order valence-electron chi connectivity index (χ2n) is 11.4. The summed E-state index contributed by atoms with van der Waals surface area (Å²) in [5.74, 6) is 2.87. The summed E-state index contributed by atoms with van der Waals surface area (Å²) in [6.07, 6.45) is -2.18. The average molecular weight is 555 g/mol. The van der Waals surface area contributed by atoms with Gasteiger partial charge in [-0.3, -0.25) is 14.4 Å². The molecule has 5 heterocycles. The van der Waals surface area contributed by atoms with Gasteiger partial charge in [0, 0.05) is 55.1 Å². The summed E-state index contributed by atoms with van der Waals surface area (Å²) < 4.78 is 40.7. The van der Waals surface area contributed by atoms with Crippen molar-refractivity contribution >= 4 is 17.4 Å². The van der Waals surface area contributed by atoms with Gasteiger partial charge in [0.05, 0.1) is 18.8 Å². The molecule has 1 spiro atoms. The van der Waals surface area contributed by atoms with Gasteiger partial charge in [-0.15, -0.1) is 10.2 Å². The van der Waals surface area contributed by atoms with E-state index in [1.165, 1.54) is 4.90 Å². The van der Waals surface area contributed by atoms with Crippen LogP contribution in [0.5, 0.6) is 0 Å². The zero-order valence-corrected chi connectivity index (χ0v) is 21.8. The van der Waals surface area contributed by atoms with Crippen molar-refractivity contribution in [2.75, 3.05) is 37.6 Å². The lowest BCUT2D eigenvalue weighted by atomic mass is 9.57. The van der Waals surface area contributed by atoms with E-state index in [-0.39, 0.29) is 17.4 Å². The van der Waals surface area contributed by atoms with Crippen molar-refractivity contribution in [1.29, 1.82) is 5.26 Å². The molecule has 2 aromatic heterocycles. The molecule has 1 aliphatic carbocycles. The molecule has 12 heteroatoms. The third kappa shape index (κ3) is 4.44. The lowest BCUT2D eigenvalue weighted by Crippen LogP contribution is -2.62. The largest absolute Gasteiger partial charge is 0.401 e. The second-order valence-corrected chi connectivity index (χ2v) is 11.8. The highest BCUT2D eigenvalue weighted by Gasteiger charge is 2.54. The van der Waals surface area contributed by atoms with Crippen LogP contribution < -0.4 is 4.90 Å². The Morgan fingerprint density at radius 3 is 2.62 bits per heavy atom. The maximum absolute atomic E-state index is 12.8. The van der Waals surface area contributed by atoms with Gasteiger partial charge < -0.3 is 4.90 Å². The minimum absolute atomic E-state index is 0.0203. The predicted molar refractivity (Wildman–Crippen MR) is 137 cm³/mol. The summed E-state index contributed by atoms with van der Waals surface area (Å²) in [6.45, 7) is 2.82. The number of fused-ring (bicyclic) bond motifs is 3. The van der Waals surface area contributed by atoms with E-state index >= 15 is 0 Å². The fraction of sp³-hybridized carbons (Fsp3) is 0.481. The minimum atomic E-state index is -4.19. The van der Waals surface area contributed by atoms with Gasteiger partial charge in [-0.1, -0.05) is 17.7 Å². The Morgan fingerprint density at radius 2 is 1.87 bits per heavy atom. The van der Waals surface area contributed by atoms with Crippen LogP contribution in [-0.4, -0.2) is 74.5 Å². The third-order valence-corrected chi connectivity index (χ3v) is 8.80. The van der Waals surface area contributed by atoms with Crippen LogP contribution in [0.1, 0.15) is 41.7 Å². The number of anilines is 1. The van der Waals surface area contributed by atoms with Crippen LogP contribution in [0.25, 0.3) is 5.69 Å². The van der Waals surface area contributed by atoms with Gasteiger partial charge in [0.1, 0.15) is 23.4 Å². The molecule has 0 bridgehead atoms. The number of hydrogen-bond acceptors (Lipinski definition) is 7. The zero-order valence-electron chi connectivity index (χ0n) is 21.1. The van der Waals surface area contributed by atoms with E-state index in [0.717, 1.165) is 54.6 Å². The van der Waals surface area contributed by atoms with Crippen LogP contribution in [0.2, 0.25) is 5.02 Å². The molecule has 7 rings (SSSR count). The van der Waals surface area contributed by atoms with Gasteiger partial charge in [0.25, 0.3) is 0 Å². The first-order valence-corrected chi connectivity index (χ1v) is 13.4. The van der Waals surface area contributed by atoms with Crippen molar-refractivity contribution in [3.05, 3.63) is 64.3 Å². The normalized spacial score (nSPS) is 21.4. The van der Waals surface area contributed by atoms with E-state index in [1.54, 1.807) is 6.07 Å². The molecule has 4 aliphatic rings. The van der Waals surface area contributed by atoms with Crippen molar-refractivity contribution in [2.45, 2.75) is 44.1 Å². The Labute approximate surface area is 228 Å². The molecule has 0 radical (unpaired) electrons. The Hall–Kier alpha value is -3.20. The molecular weight excluding hydrogens is 529 g/mol. The highest BCUT2D eigenvalue weighted by Crippen LogP contribution is 2.56. The maximum Gasteiger partial charge on any atom is 0.401 e. The Balaban J connectivity index is 1.08. The molecule has 1 saturated carbocycles. The van der Waals surface area contributed by atoms with Gasteiger partial charge in [0.15, 0.2) is 5.82 Å². The predicted octanol–water partition coefficient (Wildman–Crippen LogP) is 4.13. The molecule has 0 atom stereocenters. The molecular formula is C27H26ClF3N8. The number of rotatable bonds is 4.